The average Bonchev–Trinajstić information content (AvgIpc) is 3.52. The maximum Gasteiger partial charge on any atom is 0.241 e. The molecule has 9 rings (SSSR count). The first kappa shape index (κ1) is 31.9. The number of imide groups is 2. The number of phenolic OH excluding ortho intramolecular Hbond substituents is 1. The van der Waals surface area contributed by atoms with Gasteiger partial charge in [0.1, 0.15) is 5.75 Å². The number of hydrogen-bond donors (Lipinski definition) is 1. The van der Waals surface area contributed by atoms with Gasteiger partial charge in [0, 0.05) is 37.2 Å². The molecule has 1 saturated carbocycles. The van der Waals surface area contributed by atoms with Gasteiger partial charge in [-0.2, -0.15) is 0 Å². The van der Waals surface area contributed by atoms with E-state index < -0.39 is 35.0 Å². The first-order chi connectivity index (χ1) is 24.8. The van der Waals surface area contributed by atoms with Crippen LogP contribution in [0, 0.1) is 29.1 Å². The lowest BCUT2D eigenvalue weighted by Gasteiger charge is -2.49. The van der Waals surface area contributed by atoms with Crippen LogP contribution in [0.15, 0.2) is 109 Å². The number of rotatable bonds is 5. The second-order valence-electron chi connectivity index (χ2n) is 15.3. The maximum absolute atomic E-state index is 14.8. The van der Waals surface area contributed by atoms with Crippen LogP contribution in [-0.2, 0) is 25.7 Å². The van der Waals surface area contributed by atoms with Crippen LogP contribution in [0.25, 0.3) is 10.8 Å². The third kappa shape index (κ3) is 4.75. The van der Waals surface area contributed by atoms with Crippen molar-refractivity contribution in [1.29, 1.82) is 0 Å². The van der Waals surface area contributed by atoms with Crippen molar-refractivity contribution in [2.45, 2.75) is 51.1 Å². The fourth-order valence-electron chi connectivity index (χ4n) is 10.3. The van der Waals surface area contributed by atoms with E-state index in [1.54, 1.807) is 23.1 Å². The van der Waals surface area contributed by atoms with E-state index in [0.717, 1.165) is 48.8 Å². The van der Waals surface area contributed by atoms with Gasteiger partial charge in [-0.05, 0) is 73.1 Å². The molecule has 2 aliphatic carbocycles. The van der Waals surface area contributed by atoms with Crippen molar-refractivity contribution in [1.82, 2.24) is 9.80 Å². The van der Waals surface area contributed by atoms with E-state index in [1.165, 1.54) is 10.5 Å². The number of anilines is 1. The number of piperidine rings is 1. The molecule has 8 nitrogen and oxygen atoms in total. The number of nitrogens with zero attached hydrogens (tertiary/aromatic N) is 3. The summed E-state index contributed by atoms with van der Waals surface area (Å²) in [5.41, 5.74) is 2.02. The number of aromatic hydroxyl groups is 1. The van der Waals surface area contributed by atoms with Crippen molar-refractivity contribution < 1.29 is 24.3 Å². The van der Waals surface area contributed by atoms with Crippen molar-refractivity contribution in [2.75, 3.05) is 18.0 Å². The van der Waals surface area contributed by atoms with Crippen LogP contribution >= 0.6 is 0 Å². The molecule has 3 heterocycles. The lowest BCUT2D eigenvalue weighted by Crippen LogP contribution is -2.49. The number of carbonyl (C=O) groups excluding carboxylic acids is 4. The second-order valence-corrected chi connectivity index (χ2v) is 15.3. The maximum atomic E-state index is 14.8. The zero-order valence-corrected chi connectivity index (χ0v) is 28.7. The molecule has 258 valence electrons. The van der Waals surface area contributed by atoms with Crippen molar-refractivity contribution >= 4 is 40.1 Å². The van der Waals surface area contributed by atoms with E-state index >= 15 is 0 Å². The number of benzene rings is 4. The SMILES string of the molecule is C[C@@]12C(=O)N(c3ccccc3)C(=O)[C@@H]1C[C@@H]1C(=CC[C@@H]3C(=O)N(C4CCN(Cc5ccccc5)CC4)C(=O)[C@@H]31)[C@@H]2c1c(O)ccc2ccccc12. The van der Waals surface area contributed by atoms with E-state index in [9.17, 15) is 24.3 Å². The van der Waals surface area contributed by atoms with Crippen LogP contribution in [0.3, 0.4) is 0 Å². The molecule has 8 heteroatoms. The molecule has 0 aromatic heterocycles. The topological polar surface area (TPSA) is 98.2 Å². The highest BCUT2D eigenvalue weighted by molar-refractivity contribution is 6.24. The minimum Gasteiger partial charge on any atom is -0.508 e. The number of carbonyl (C=O) groups is 4. The molecule has 0 bridgehead atoms. The number of para-hydroxylation sites is 1. The zero-order valence-electron chi connectivity index (χ0n) is 28.7. The second kappa shape index (κ2) is 12.0. The number of hydrogen-bond acceptors (Lipinski definition) is 6. The number of allylic oxidation sites excluding steroid dienone is 2. The first-order valence-electron chi connectivity index (χ1n) is 18.2. The van der Waals surface area contributed by atoms with E-state index in [1.807, 2.05) is 73.7 Å². The highest BCUT2D eigenvalue weighted by atomic mass is 16.3. The Hall–Kier alpha value is -5.08. The van der Waals surface area contributed by atoms with Gasteiger partial charge in [-0.15, -0.1) is 0 Å². The molecule has 4 aromatic rings. The summed E-state index contributed by atoms with van der Waals surface area (Å²) in [7, 11) is 0. The van der Waals surface area contributed by atoms with Gasteiger partial charge in [0.25, 0.3) is 0 Å². The minimum atomic E-state index is -1.22. The number of phenols is 1. The monoisotopic (exact) mass is 679 g/mol. The van der Waals surface area contributed by atoms with Gasteiger partial charge in [0.15, 0.2) is 0 Å². The number of likely N-dealkylation sites (tertiary alicyclic amines) is 2. The Balaban J connectivity index is 1.09. The van der Waals surface area contributed by atoms with Crippen LogP contribution in [0.5, 0.6) is 5.75 Å². The predicted molar refractivity (Wildman–Crippen MR) is 193 cm³/mol. The summed E-state index contributed by atoms with van der Waals surface area (Å²) in [6, 6.07) is 30.5. The molecule has 0 spiro atoms. The van der Waals surface area contributed by atoms with Gasteiger partial charge >= 0.3 is 0 Å². The predicted octanol–water partition coefficient (Wildman–Crippen LogP) is 6.44. The van der Waals surface area contributed by atoms with Crippen LogP contribution in [-0.4, -0.2) is 57.7 Å². The summed E-state index contributed by atoms with van der Waals surface area (Å²) in [5, 5.41) is 13.4. The Morgan fingerprint density at radius 3 is 2.20 bits per heavy atom. The minimum absolute atomic E-state index is 0.0541. The Labute approximate surface area is 297 Å². The van der Waals surface area contributed by atoms with Gasteiger partial charge < -0.3 is 5.11 Å². The van der Waals surface area contributed by atoms with Crippen LogP contribution in [0.4, 0.5) is 5.69 Å². The summed E-state index contributed by atoms with van der Waals surface area (Å²) in [6.07, 6.45) is 4.20. The largest absolute Gasteiger partial charge is 0.508 e. The van der Waals surface area contributed by atoms with Gasteiger partial charge in [0.05, 0.1) is 28.9 Å². The molecule has 3 aliphatic heterocycles. The van der Waals surface area contributed by atoms with Gasteiger partial charge in [0.2, 0.25) is 23.6 Å². The summed E-state index contributed by atoms with van der Waals surface area (Å²) >= 11 is 0. The Morgan fingerprint density at radius 2 is 1.45 bits per heavy atom. The molecule has 4 amide bonds. The van der Waals surface area contributed by atoms with E-state index in [0.29, 0.717) is 24.1 Å². The number of fused-ring (bicyclic) bond motifs is 5. The molecular weight excluding hydrogens is 638 g/mol. The third-order valence-electron chi connectivity index (χ3n) is 12.7. The molecule has 5 aliphatic rings. The number of amides is 4. The molecule has 0 radical (unpaired) electrons. The van der Waals surface area contributed by atoms with Gasteiger partial charge in [-0.3, -0.25) is 29.0 Å². The lowest BCUT2D eigenvalue weighted by molar-refractivity contribution is -0.144. The molecule has 51 heavy (non-hydrogen) atoms. The normalized spacial score (nSPS) is 29.7. The van der Waals surface area contributed by atoms with Crippen LogP contribution in [0.1, 0.15) is 49.7 Å². The molecule has 4 aromatic carbocycles. The highest BCUT2D eigenvalue weighted by Gasteiger charge is 2.68. The average molecular weight is 680 g/mol. The van der Waals surface area contributed by atoms with Crippen LogP contribution < -0.4 is 4.90 Å². The summed E-state index contributed by atoms with van der Waals surface area (Å²) < 4.78 is 0. The van der Waals surface area contributed by atoms with Crippen LogP contribution in [0.2, 0.25) is 0 Å². The fraction of sp³-hybridized carbons (Fsp3) is 0.349. The molecule has 6 atom stereocenters. The van der Waals surface area contributed by atoms with Gasteiger partial charge in [-0.1, -0.05) is 90.5 Å². The van der Waals surface area contributed by atoms with Gasteiger partial charge in [-0.25, -0.2) is 4.90 Å². The van der Waals surface area contributed by atoms with E-state index in [4.69, 9.17) is 0 Å². The van der Waals surface area contributed by atoms with Crippen molar-refractivity contribution in [2.24, 2.45) is 29.1 Å². The summed E-state index contributed by atoms with van der Waals surface area (Å²) in [6.45, 7) is 4.31. The van der Waals surface area contributed by atoms with Crippen molar-refractivity contribution in [3.63, 3.8) is 0 Å². The summed E-state index contributed by atoms with van der Waals surface area (Å²) in [5.74, 6) is -3.75. The van der Waals surface area contributed by atoms with E-state index in [-0.39, 0.29) is 35.4 Å². The van der Waals surface area contributed by atoms with Crippen molar-refractivity contribution in [3.05, 3.63) is 120 Å². The molecule has 0 unspecified atom stereocenters. The third-order valence-corrected chi connectivity index (χ3v) is 12.7. The summed E-state index contributed by atoms with van der Waals surface area (Å²) in [4.78, 5) is 63.4. The van der Waals surface area contributed by atoms with Crippen molar-refractivity contribution in [3.8, 4) is 5.75 Å². The molecule has 3 saturated heterocycles. The Kier molecular flexibility index (Phi) is 7.51. The first-order valence-corrected chi connectivity index (χ1v) is 18.2. The smallest absolute Gasteiger partial charge is 0.241 e. The van der Waals surface area contributed by atoms with E-state index in [2.05, 4.69) is 23.1 Å². The Bertz CT molecular complexity index is 2110. The fourth-order valence-corrected chi connectivity index (χ4v) is 10.3. The standard InChI is InChI=1S/C43H41N3O5/c1-43-34(40(49)46(42(43)51)28-13-6-3-7-14-28)24-33-31(38(43)37-30-15-9-8-12-27(30)16-19-35(37)47)17-18-32-36(33)41(50)45(39(32)48)29-20-22-44(23-21-29)25-26-10-4-2-5-11-26/h2-17,19,29,32-34,36,38,47H,18,20-25H2,1H3/t32-,33+,34-,36-,38+,43+/m0/s1. The zero-order chi connectivity index (χ0) is 35.0. The molecular formula is C43H41N3O5. The lowest BCUT2D eigenvalue weighted by atomic mass is 9.51. The quantitative estimate of drug-likeness (QED) is 0.193. The Morgan fingerprint density at radius 1 is 0.765 bits per heavy atom. The highest BCUT2D eigenvalue weighted by Crippen LogP contribution is 2.65. The molecule has 1 N–H and O–H groups in total. The molecule has 4 fully saturated rings.